The lowest BCUT2D eigenvalue weighted by atomic mass is 10.1. The van der Waals surface area contributed by atoms with E-state index in [1.165, 1.54) is 5.56 Å². The van der Waals surface area contributed by atoms with E-state index in [-0.39, 0.29) is 11.8 Å². The summed E-state index contributed by atoms with van der Waals surface area (Å²) in [5.41, 5.74) is 3.30. The van der Waals surface area contributed by atoms with E-state index in [0.717, 1.165) is 11.1 Å². The van der Waals surface area contributed by atoms with Gasteiger partial charge in [0.15, 0.2) is 11.5 Å². The summed E-state index contributed by atoms with van der Waals surface area (Å²) in [5, 5.41) is 2.98. The van der Waals surface area contributed by atoms with Crippen molar-refractivity contribution in [3.63, 3.8) is 0 Å². The van der Waals surface area contributed by atoms with E-state index in [0.29, 0.717) is 63.6 Å². The summed E-state index contributed by atoms with van der Waals surface area (Å²) < 4.78 is 10.6. The van der Waals surface area contributed by atoms with Crippen LogP contribution in [0.15, 0.2) is 42.5 Å². The normalized spacial score (nSPS) is 14.2. The van der Waals surface area contributed by atoms with Crippen LogP contribution in [0.5, 0.6) is 11.5 Å². The van der Waals surface area contributed by atoms with Crippen molar-refractivity contribution in [1.29, 1.82) is 0 Å². The molecule has 1 aliphatic rings. The smallest absolute Gasteiger partial charge is 0.234 e. The number of carbonyl (C=O) groups is 2. The van der Waals surface area contributed by atoms with Crippen molar-refractivity contribution in [1.82, 2.24) is 15.1 Å². The van der Waals surface area contributed by atoms with Gasteiger partial charge < -0.3 is 19.7 Å². The molecule has 3 rings (SSSR count). The molecule has 0 unspecified atom stereocenters. The van der Waals surface area contributed by atoms with Gasteiger partial charge in [-0.2, -0.15) is 0 Å². The van der Waals surface area contributed by atoms with Crippen LogP contribution in [0.1, 0.15) is 16.7 Å². The van der Waals surface area contributed by atoms with Crippen molar-refractivity contribution in [2.45, 2.75) is 19.8 Å². The molecular formula is C25H33N3O4. The van der Waals surface area contributed by atoms with Gasteiger partial charge in [0.25, 0.3) is 0 Å². The molecule has 1 N–H and O–H groups in total. The fraction of sp³-hybridized carbons (Fsp3) is 0.440. The van der Waals surface area contributed by atoms with Gasteiger partial charge in [-0.25, -0.2) is 0 Å². The van der Waals surface area contributed by atoms with Crippen molar-refractivity contribution in [2.75, 3.05) is 53.5 Å². The number of nitrogens with one attached hydrogen (secondary N) is 1. The second kappa shape index (κ2) is 11.5. The molecule has 1 aliphatic heterocycles. The van der Waals surface area contributed by atoms with Gasteiger partial charge in [-0.15, -0.1) is 0 Å². The molecule has 0 saturated carbocycles. The van der Waals surface area contributed by atoms with Gasteiger partial charge in [0.05, 0.1) is 27.2 Å². The average Bonchev–Trinajstić information content (AvgIpc) is 2.80. The maximum Gasteiger partial charge on any atom is 0.234 e. The third-order valence-electron chi connectivity index (χ3n) is 5.75. The van der Waals surface area contributed by atoms with Gasteiger partial charge in [0.1, 0.15) is 0 Å². The van der Waals surface area contributed by atoms with Crippen molar-refractivity contribution < 1.29 is 19.1 Å². The van der Waals surface area contributed by atoms with E-state index in [9.17, 15) is 9.59 Å². The zero-order valence-corrected chi connectivity index (χ0v) is 19.2. The Hall–Kier alpha value is -3.06. The molecule has 2 aromatic rings. The monoisotopic (exact) mass is 439 g/mol. The molecule has 172 valence electrons. The molecule has 0 radical (unpaired) electrons. The Morgan fingerprint density at radius 3 is 2.22 bits per heavy atom. The van der Waals surface area contributed by atoms with E-state index in [1.807, 2.05) is 54.3 Å². The number of amides is 2. The Labute approximate surface area is 190 Å². The number of ether oxygens (including phenoxy) is 2. The number of methoxy groups -OCH3 is 2. The van der Waals surface area contributed by atoms with Crippen LogP contribution in [0.4, 0.5) is 0 Å². The number of rotatable bonds is 9. The van der Waals surface area contributed by atoms with Gasteiger partial charge in [0.2, 0.25) is 11.8 Å². The van der Waals surface area contributed by atoms with E-state index in [1.54, 1.807) is 14.2 Å². The summed E-state index contributed by atoms with van der Waals surface area (Å²) >= 11 is 0. The highest BCUT2D eigenvalue weighted by atomic mass is 16.5. The second-order valence-corrected chi connectivity index (χ2v) is 8.11. The van der Waals surface area contributed by atoms with Crippen molar-refractivity contribution in [3.8, 4) is 11.5 Å². The van der Waals surface area contributed by atoms with E-state index in [2.05, 4.69) is 10.2 Å². The number of benzene rings is 2. The van der Waals surface area contributed by atoms with Crippen LogP contribution in [-0.4, -0.2) is 75.1 Å². The Morgan fingerprint density at radius 2 is 1.56 bits per heavy atom. The SMILES string of the molecule is COc1ccc(CCNC(=O)CN2CCN(C(=O)Cc3ccc(C)cc3)CC2)cc1OC. The summed E-state index contributed by atoms with van der Waals surface area (Å²) in [5.74, 6) is 1.53. The zero-order valence-electron chi connectivity index (χ0n) is 19.2. The zero-order chi connectivity index (χ0) is 22.9. The first-order valence-corrected chi connectivity index (χ1v) is 11.0. The van der Waals surface area contributed by atoms with Crippen LogP contribution in [0.3, 0.4) is 0 Å². The molecule has 0 spiro atoms. The first-order chi connectivity index (χ1) is 15.5. The number of aryl methyl sites for hydroxylation is 1. The van der Waals surface area contributed by atoms with Crippen LogP contribution < -0.4 is 14.8 Å². The fourth-order valence-electron chi connectivity index (χ4n) is 3.79. The molecule has 2 aromatic carbocycles. The maximum atomic E-state index is 12.6. The largest absolute Gasteiger partial charge is 0.493 e. The molecule has 1 saturated heterocycles. The summed E-state index contributed by atoms with van der Waals surface area (Å²) in [6, 6.07) is 13.9. The van der Waals surface area contributed by atoms with Crippen LogP contribution >= 0.6 is 0 Å². The van der Waals surface area contributed by atoms with Gasteiger partial charge >= 0.3 is 0 Å². The maximum absolute atomic E-state index is 12.6. The van der Waals surface area contributed by atoms with Crippen molar-refractivity contribution in [3.05, 3.63) is 59.2 Å². The molecule has 0 aliphatic carbocycles. The lowest BCUT2D eigenvalue weighted by Gasteiger charge is -2.34. The number of nitrogens with zero attached hydrogens (tertiary/aromatic N) is 2. The van der Waals surface area contributed by atoms with Gasteiger partial charge in [-0.3, -0.25) is 14.5 Å². The predicted octanol–water partition coefficient (Wildman–Crippen LogP) is 2.06. The highest BCUT2D eigenvalue weighted by Crippen LogP contribution is 2.27. The predicted molar refractivity (Wildman–Crippen MR) is 124 cm³/mol. The Kier molecular flexibility index (Phi) is 8.50. The highest BCUT2D eigenvalue weighted by molar-refractivity contribution is 5.79. The fourth-order valence-corrected chi connectivity index (χ4v) is 3.79. The first kappa shape index (κ1) is 23.6. The minimum atomic E-state index is 0.00454. The third-order valence-corrected chi connectivity index (χ3v) is 5.75. The number of hydrogen-bond acceptors (Lipinski definition) is 5. The van der Waals surface area contributed by atoms with Crippen LogP contribution in [0, 0.1) is 6.92 Å². The molecule has 0 atom stereocenters. The van der Waals surface area contributed by atoms with Gasteiger partial charge in [-0.05, 0) is 36.6 Å². The third kappa shape index (κ3) is 6.72. The lowest BCUT2D eigenvalue weighted by Crippen LogP contribution is -2.51. The summed E-state index contributed by atoms with van der Waals surface area (Å²) in [7, 11) is 3.22. The highest BCUT2D eigenvalue weighted by Gasteiger charge is 2.22. The van der Waals surface area contributed by atoms with Crippen molar-refractivity contribution >= 4 is 11.8 Å². The first-order valence-electron chi connectivity index (χ1n) is 11.0. The van der Waals surface area contributed by atoms with E-state index < -0.39 is 0 Å². The topological polar surface area (TPSA) is 71.1 Å². The minimum absolute atomic E-state index is 0.00454. The molecule has 1 heterocycles. The number of piperazine rings is 1. The second-order valence-electron chi connectivity index (χ2n) is 8.11. The Morgan fingerprint density at radius 1 is 0.906 bits per heavy atom. The molecule has 1 fully saturated rings. The van der Waals surface area contributed by atoms with Gasteiger partial charge in [-0.1, -0.05) is 35.9 Å². The average molecular weight is 440 g/mol. The molecule has 0 bridgehead atoms. The van der Waals surface area contributed by atoms with Gasteiger partial charge in [0, 0.05) is 32.7 Å². The van der Waals surface area contributed by atoms with Crippen molar-refractivity contribution in [2.24, 2.45) is 0 Å². The number of carbonyl (C=O) groups excluding carboxylic acids is 2. The molecular weight excluding hydrogens is 406 g/mol. The summed E-state index contributed by atoms with van der Waals surface area (Å²) in [4.78, 5) is 28.9. The lowest BCUT2D eigenvalue weighted by molar-refractivity contribution is -0.132. The Balaban J connectivity index is 1.36. The van der Waals surface area contributed by atoms with Crippen LogP contribution in [0.25, 0.3) is 0 Å². The van der Waals surface area contributed by atoms with E-state index in [4.69, 9.17) is 9.47 Å². The quantitative estimate of drug-likeness (QED) is 0.648. The van der Waals surface area contributed by atoms with E-state index >= 15 is 0 Å². The molecule has 32 heavy (non-hydrogen) atoms. The summed E-state index contributed by atoms with van der Waals surface area (Å²) in [6.45, 7) is 5.69. The Bertz CT molecular complexity index is 906. The van der Waals surface area contributed by atoms with Crippen LogP contribution in [-0.2, 0) is 22.4 Å². The molecule has 0 aromatic heterocycles. The standard InChI is InChI=1S/C25H33N3O4/c1-19-4-6-20(7-5-19)17-25(30)28-14-12-27(13-15-28)18-24(29)26-11-10-21-8-9-22(31-2)23(16-21)32-3/h4-9,16H,10-15,17-18H2,1-3H3,(H,26,29). The summed E-state index contributed by atoms with van der Waals surface area (Å²) in [6.07, 6.45) is 1.14. The molecule has 7 heteroatoms. The van der Waals surface area contributed by atoms with Crippen LogP contribution in [0.2, 0.25) is 0 Å². The molecule has 7 nitrogen and oxygen atoms in total. The number of hydrogen-bond donors (Lipinski definition) is 1. The molecule has 2 amide bonds. The minimum Gasteiger partial charge on any atom is -0.493 e.